The molecular weight excluding hydrogens is 328 g/mol. The zero-order chi connectivity index (χ0) is 16.4. The minimum Gasteiger partial charge on any atom is -0.470 e. The molecule has 1 saturated carbocycles. The van der Waals surface area contributed by atoms with Crippen LogP contribution in [0.4, 0.5) is 8.78 Å². The summed E-state index contributed by atoms with van der Waals surface area (Å²) in [6.45, 7) is -0.749. The van der Waals surface area contributed by atoms with Crippen molar-refractivity contribution in [2.75, 3.05) is 6.61 Å². The van der Waals surface area contributed by atoms with Crippen LogP contribution in [0.2, 0.25) is 5.02 Å². The molecule has 0 radical (unpaired) electrons. The van der Waals surface area contributed by atoms with Gasteiger partial charge in [0.1, 0.15) is 16.6 Å². The molecule has 0 unspecified atom stereocenters. The summed E-state index contributed by atoms with van der Waals surface area (Å²) in [5.74, 6) is -0.0216. The molecule has 0 aliphatic heterocycles. The summed E-state index contributed by atoms with van der Waals surface area (Å²) in [4.78, 5) is 8.35. The van der Waals surface area contributed by atoms with Gasteiger partial charge in [-0.1, -0.05) is 18.0 Å². The number of fused-ring (bicyclic) bond motifs is 1. The second-order valence-corrected chi connectivity index (χ2v) is 6.02. The van der Waals surface area contributed by atoms with Crippen LogP contribution in [0.15, 0.2) is 6.20 Å². The van der Waals surface area contributed by atoms with Crippen LogP contribution in [0.5, 0.6) is 11.9 Å². The van der Waals surface area contributed by atoms with E-state index >= 15 is 0 Å². The number of alkyl halides is 2. The van der Waals surface area contributed by atoms with Gasteiger partial charge in [0, 0.05) is 7.05 Å². The first kappa shape index (κ1) is 16.2. The van der Waals surface area contributed by atoms with E-state index < -0.39 is 13.0 Å². The van der Waals surface area contributed by atoms with Gasteiger partial charge in [0.2, 0.25) is 5.88 Å². The number of hydrogen-bond donors (Lipinski definition) is 0. The molecule has 2 heterocycles. The lowest BCUT2D eigenvalue weighted by molar-refractivity contribution is 0.0797. The summed E-state index contributed by atoms with van der Waals surface area (Å²) in [6.07, 6.45) is 4.60. The Hall–Kier alpha value is -1.63. The molecule has 0 bridgehead atoms. The van der Waals surface area contributed by atoms with Crippen molar-refractivity contribution < 1.29 is 18.3 Å². The second kappa shape index (κ2) is 6.86. The molecule has 3 rings (SSSR count). The summed E-state index contributed by atoms with van der Waals surface area (Å²) in [5.41, 5.74) is 1.12. The average molecular weight is 346 g/mol. The molecule has 2 aromatic heterocycles. The lowest BCUT2D eigenvalue weighted by atomic mass is 9.98. The van der Waals surface area contributed by atoms with Crippen molar-refractivity contribution in [1.29, 1.82) is 0 Å². The van der Waals surface area contributed by atoms with Gasteiger partial charge < -0.3 is 9.47 Å². The Balaban J connectivity index is 1.87. The number of pyridine rings is 1. The van der Waals surface area contributed by atoms with Crippen molar-refractivity contribution in [3.8, 4) is 11.9 Å². The van der Waals surface area contributed by atoms with Gasteiger partial charge in [0.25, 0.3) is 12.4 Å². The summed E-state index contributed by atoms with van der Waals surface area (Å²) < 4.78 is 37.2. The zero-order valence-electron chi connectivity index (χ0n) is 12.8. The summed E-state index contributed by atoms with van der Waals surface area (Å²) in [6, 6.07) is 0.460. The molecule has 8 heteroatoms. The van der Waals surface area contributed by atoms with Crippen molar-refractivity contribution in [1.82, 2.24) is 14.5 Å². The molecule has 1 fully saturated rings. The predicted octanol–water partition coefficient (Wildman–Crippen LogP) is 3.98. The van der Waals surface area contributed by atoms with Gasteiger partial charge in [-0.05, 0) is 25.7 Å². The van der Waals surface area contributed by atoms with Gasteiger partial charge in [0.15, 0.2) is 6.61 Å². The third kappa shape index (κ3) is 3.49. The summed E-state index contributed by atoms with van der Waals surface area (Å²) >= 11 is 6.24. The van der Waals surface area contributed by atoms with Crippen molar-refractivity contribution >= 4 is 22.6 Å². The molecule has 1 aliphatic rings. The third-order valence-electron chi connectivity index (χ3n) is 3.95. The van der Waals surface area contributed by atoms with E-state index in [1.54, 1.807) is 11.6 Å². The Morgan fingerprint density at radius 2 is 2.09 bits per heavy atom. The first-order chi connectivity index (χ1) is 11.1. The highest BCUT2D eigenvalue weighted by atomic mass is 35.5. The number of nitrogens with zero attached hydrogens (tertiary/aromatic N) is 3. The van der Waals surface area contributed by atoms with Crippen LogP contribution in [-0.2, 0) is 7.05 Å². The largest absolute Gasteiger partial charge is 0.470 e. The van der Waals surface area contributed by atoms with Crippen LogP contribution < -0.4 is 9.47 Å². The van der Waals surface area contributed by atoms with E-state index in [4.69, 9.17) is 21.1 Å². The maximum Gasteiger partial charge on any atom is 0.297 e. The van der Waals surface area contributed by atoms with Crippen molar-refractivity contribution in [3.05, 3.63) is 11.2 Å². The fraction of sp³-hybridized carbons (Fsp3) is 0.600. The topological polar surface area (TPSA) is 49.2 Å². The fourth-order valence-electron chi connectivity index (χ4n) is 2.81. The van der Waals surface area contributed by atoms with E-state index in [1.165, 1.54) is 12.6 Å². The number of ether oxygens (including phenoxy) is 2. The van der Waals surface area contributed by atoms with Crippen LogP contribution in [-0.4, -0.2) is 33.7 Å². The van der Waals surface area contributed by atoms with Gasteiger partial charge in [0.05, 0.1) is 11.7 Å². The van der Waals surface area contributed by atoms with Crippen LogP contribution in [0, 0.1) is 0 Å². The molecule has 5 nitrogen and oxygen atoms in total. The van der Waals surface area contributed by atoms with Gasteiger partial charge in [-0.3, -0.25) is 4.57 Å². The van der Waals surface area contributed by atoms with Gasteiger partial charge in [-0.25, -0.2) is 13.8 Å². The van der Waals surface area contributed by atoms with Crippen LogP contribution in [0.25, 0.3) is 11.0 Å². The standard InChI is InChI=1S/C15H18ClF2N3O2/c1-21-13-10(7-19-14(12(13)16)22-8-11(17)18)20-15(21)23-9-5-3-2-4-6-9/h7,9,11H,2-6,8H2,1H3. The Labute approximate surface area is 137 Å². The van der Waals surface area contributed by atoms with E-state index in [-0.39, 0.29) is 17.0 Å². The van der Waals surface area contributed by atoms with Gasteiger partial charge in [-0.2, -0.15) is 4.98 Å². The molecule has 1 aliphatic carbocycles. The first-order valence-corrected chi connectivity index (χ1v) is 8.02. The van der Waals surface area contributed by atoms with Gasteiger partial charge in [-0.15, -0.1) is 0 Å². The van der Waals surface area contributed by atoms with E-state index in [0.717, 1.165) is 25.7 Å². The van der Waals surface area contributed by atoms with Crippen molar-refractivity contribution in [3.63, 3.8) is 0 Å². The Morgan fingerprint density at radius 1 is 1.35 bits per heavy atom. The highest BCUT2D eigenvalue weighted by Gasteiger charge is 2.21. The molecule has 0 N–H and O–H groups in total. The molecule has 126 valence electrons. The van der Waals surface area contributed by atoms with Crippen LogP contribution in [0.3, 0.4) is 0 Å². The zero-order valence-corrected chi connectivity index (χ0v) is 13.5. The number of aryl methyl sites for hydroxylation is 1. The van der Waals surface area contributed by atoms with E-state index in [2.05, 4.69) is 9.97 Å². The van der Waals surface area contributed by atoms with Crippen LogP contribution in [0.1, 0.15) is 32.1 Å². The van der Waals surface area contributed by atoms with Crippen molar-refractivity contribution in [2.24, 2.45) is 7.05 Å². The monoisotopic (exact) mass is 345 g/mol. The third-order valence-corrected chi connectivity index (χ3v) is 4.29. The number of imidazole rings is 1. The molecule has 2 aromatic rings. The molecule has 0 aromatic carbocycles. The first-order valence-electron chi connectivity index (χ1n) is 7.64. The number of rotatable bonds is 5. The summed E-state index contributed by atoms with van der Waals surface area (Å²) in [7, 11) is 1.77. The molecule has 0 spiro atoms. The maximum absolute atomic E-state index is 12.3. The molecule has 0 saturated heterocycles. The number of halogens is 3. The lowest BCUT2D eigenvalue weighted by Crippen LogP contribution is -2.21. The van der Waals surface area contributed by atoms with Crippen LogP contribution >= 0.6 is 11.6 Å². The average Bonchev–Trinajstić information content (AvgIpc) is 2.84. The molecule has 0 amide bonds. The van der Waals surface area contributed by atoms with Crippen molar-refractivity contribution in [2.45, 2.75) is 44.6 Å². The maximum atomic E-state index is 12.3. The second-order valence-electron chi connectivity index (χ2n) is 5.64. The molecular formula is C15H18ClF2N3O2. The Kier molecular flexibility index (Phi) is 4.84. The highest BCUT2D eigenvalue weighted by Crippen LogP contribution is 2.33. The van der Waals surface area contributed by atoms with E-state index in [1.807, 2.05) is 0 Å². The van der Waals surface area contributed by atoms with E-state index in [0.29, 0.717) is 17.0 Å². The minimum atomic E-state index is -2.58. The number of hydrogen-bond acceptors (Lipinski definition) is 4. The number of aromatic nitrogens is 3. The SMILES string of the molecule is Cn1c(OC2CCCCC2)nc2cnc(OCC(F)F)c(Cl)c21. The predicted molar refractivity (Wildman–Crippen MR) is 82.5 cm³/mol. The minimum absolute atomic E-state index is 0.0216. The molecule has 23 heavy (non-hydrogen) atoms. The lowest BCUT2D eigenvalue weighted by Gasteiger charge is -2.22. The van der Waals surface area contributed by atoms with Gasteiger partial charge >= 0.3 is 0 Å². The summed E-state index contributed by atoms with van der Waals surface area (Å²) in [5, 5.41) is 0.164. The quantitative estimate of drug-likeness (QED) is 0.822. The fourth-order valence-corrected chi connectivity index (χ4v) is 3.13. The normalized spacial score (nSPS) is 16.2. The molecule has 0 atom stereocenters. The van der Waals surface area contributed by atoms with E-state index in [9.17, 15) is 8.78 Å². The Morgan fingerprint density at radius 3 is 2.78 bits per heavy atom. The Bertz CT molecular complexity index is 687. The smallest absolute Gasteiger partial charge is 0.297 e. The highest BCUT2D eigenvalue weighted by molar-refractivity contribution is 6.36.